The summed E-state index contributed by atoms with van der Waals surface area (Å²) in [6.07, 6.45) is -2.71. The molecule has 0 saturated carbocycles. The molecular formula is C12H14F3N3. The van der Waals surface area contributed by atoms with Crippen molar-refractivity contribution in [1.29, 1.82) is 0 Å². The number of benzene rings is 1. The molecule has 0 bridgehead atoms. The second kappa shape index (κ2) is 4.28. The zero-order chi connectivity index (χ0) is 13.5. The highest BCUT2D eigenvalue weighted by atomic mass is 19.4. The van der Waals surface area contributed by atoms with E-state index in [4.69, 9.17) is 0 Å². The van der Waals surface area contributed by atoms with Crippen molar-refractivity contribution in [1.82, 2.24) is 14.5 Å². The Kier molecular flexibility index (Phi) is 3.06. The molecule has 0 aliphatic rings. The summed E-state index contributed by atoms with van der Waals surface area (Å²) in [5.41, 5.74) is 1.60. The zero-order valence-corrected chi connectivity index (χ0v) is 10.4. The minimum absolute atomic E-state index is 0.207. The summed E-state index contributed by atoms with van der Waals surface area (Å²) in [4.78, 5) is 5.24. The molecule has 1 unspecified atom stereocenters. The van der Waals surface area contributed by atoms with Crippen molar-refractivity contribution in [2.24, 2.45) is 7.05 Å². The Morgan fingerprint density at radius 1 is 1.28 bits per heavy atom. The van der Waals surface area contributed by atoms with Crippen LogP contribution in [0.25, 0.3) is 11.0 Å². The van der Waals surface area contributed by atoms with Gasteiger partial charge in [-0.15, -0.1) is 0 Å². The molecule has 1 atom stereocenters. The van der Waals surface area contributed by atoms with Gasteiger partial charge >= 0.3 is 6.18 Å². The molecule has 0 aliphatic carbocycles. The van der Waals surface area contributed by atoms with Crippen molar-refractivity contribution in [3.05, 3.63) is 30.1 Å². The summed E-state index contributed by atoms with van der Waals surface area (Å²) in [7, 11) is 4.64. The normalized spacial score (nSPS) is 14.4. The van der Waals surface area contributed by atoms with Gasteiger partial charge in [0, 0.05) is 7.05 Å². The van der Waals surface area contributed by atoms with Crippen LogP contribution < -0.4 is 0 Å². The van der Waals surface area contributed by atoms with Crippen molar-refractivity contribution >= 4 is 11.0 Å². The molecule has 0 radical (unpaired) electrons. The molecule has 3 nitrogen and oxygen atoms in total. The Labute approximate surface area is 103 Å². The maximum absolute atomic E-state index is 13.0. The summed E-state index contributed by atoms with van der Waals surface area (Å²) in [5, 5.41) is 0. The van der Waals surface area contributed by atoms with E-state index in [2.05, 4.69) is 4.98 Å². The van der Waals surface area contributed by atoms with Gasteiger partial charge in [0.05, 0.1) is 17.4 Å². The summed E-state index contributed by atoms with van der Waals surface area (Å²) < 4.78 is 40.8. The Morgan fingerprint density at radius 3 is 2.50 bits per heavy atom. The second-order valence-electron chi connectivity index (χ2n) is 4.51. The third-order valence-corrected chi connectivity index (χ3v) is 2.89. The molecule has 0 N–H and O–H groups in total. The first kappa shape index (κ1) is 12.9. The van der Waals surface area contributed by atoms with Gasteiger partial charge in [-0.05, 0) is 31.8 Å². The van der Waals surface area contributed by atoms with E-state index in [1.54, 1.807) is 17.0 Å². The van der Waals surface area contributed by atoms with Gasteiger partial charge in [-0.25, -0.2) is 4.98 Å². The van der Waals surface area contributed by atoms with Crippen LogP contribution >= 0.6 is 0 Å². The second-order valence-corrected chi connectivity index (χ2v) is 4.51. The summed E-state index contributed by atoms with van der Waals surface area (Å²) in [5.74, 6) is 0. The van der Waals surface area contributed by atoms with E-state index >= 15 is 0 Å². The first-order chi connectivity index (χ1) is 8.30. The van der Waals surface area contributed by atoms with Gasteiger partial charge < -0.3 is 4.57 Å². The standard InChI is InChI=1S/C12H14F3N3/c1-17(2)11(12(13,14)15)8-4-5-10-9(6-8)16-7-18(10)3/h4-7,11H,1-3H3. The quantitative estimate of drug-likeness (QED) is 0.824. The van der Waals surface area contributed by atoms with Gasteiger partial charge in [0.25, 0.3) is 0 Å². The largest absolute Gasteiger partial charge is 0.408 e. The Hall–Kier alpha value is -1.56. The number of rotatable bonds is 2. The SMILES string of the molecule is CN(C)C(c1ccc2c(c1)ncn2C)C(F)(F)F. The molecule has 6 heteroatoms. The number of aromatic nitrogens is 2. The molecule has 0 fully saturated rings. The number of aryl methyl sites for hydroxylation is 1. The highest BCUT2D eigenvalue weighted by molar-refractivity contribution is 5.76. The number of alkyl halides is 3. The lowest BCUT2D eigenvalue weighted by Gasteiger charge is -2.27. The molecule has 0 spiro atoms. The summed E-state index contributed by atoms with van der Waals surface area (Å²) in [6.45, 7) is 0. The lowest BCUT2D eigenvalue weighted by atomic mass is 10.0. The van der Waals surface area contributed by atoms with Crippen molar-refractivity contribution in [3.63, 3.8) is 0 Å². The third-order valence-electron chi connectivity index (χ3n) is 2.89. The monoisotopic (exact) mass is 257 g/mol. The van der Waals surface area contributed by atoms with Gasteiger partial charge in [-0.3, -0.25) is 4.90 Å². The van der Waals surface area contributed by atoms with Gasteiger partial charge in [0.1, 0.15) is 6.04 Å². The average molecular weight is 257 g/mol. The van der Waals surface area contributed by atoms with Crippen LogP contribution in [-0.4, -0.2) is 34.7 Å². The van der Waals surface area contributed by atoms with E-state index < -0.39 is 12.2 Å². The van der Waals surface area contributed by atoms with Gasteiger partial charge in [0.15, 0.2) is 0 Å². The van der Waals surface area contributed by atoms with Crippen molar-refractivity contribution in [2.45, 2.75) is 12.2 Å². The molecule has 2 aromatic rings. The fourth-order valence-corrected chi connectivity index (χ4v) is 2.10. The third kappa shape index (κ3) is 2.20. The molecule has 0 saturated heterocycles. The molecule has 18 heavy (non-hydrogen) atoms. The van der Waals surface area contributed by atoms with Crippen LogP contribution in [0.3, 0.4) is 0 Å². The van der Waals surface area contributed by atoms with E-state index in [0.29, 0.717) is 5.52 Å². The fourth-order valence-electron chi connectivity index (χ4n) is 2.10. The maximum Gasteiger partial charge on any atom is 0.408 e. The highest BCUT2D eigenvalue weighted by Gasteiger charge is 2.42. The minimum atomic E-state index is -4.30. The fraction of sp³-hybridized carbons (Fsp3) is 0.417. The van der Waals surface area contributed by atoms with E-state index in [0.717, 1.165) is 10.4 Å². The van der Waals surface area contributed by atoms with Crippen molar-refractivity contribution in [2.75, 3.05) is 14.1 Å². The molecular weight excluding hydrogens is 243 g/mol. The molecule has 98 valence electrons. The predicted octanol–water partition coefficient (Wildman–Crippen LogP) is 2.74. The van der Waals surface area contributed by atoms with Crippen LogP contribution in [0.5, 0.6) is 0 Å². The molecule has 0 aliphatic heterocycles. The van der Waals surface area contributed by atoms with Crippen LogP contribution in [0.2, 0.25) is 0 Å². The van der Waals surface area contributed by atoms with Gasteiger partial charge in [0.2, 0.25) is 0 Å². The first-order valence-corrected chi connectivity index (χ1v) is 5.45. The van der Waals surface area contributed by atoms with Gasteiger partial charge in [-0.2, -0.15) is 13.2 Å². The van der Waals surface area contributed by atoms with Crippen LogP contribution in [0.15, 0.2) is 24.5 Å². The predicted molar refractivity (Wildman–Crippen MR) is 63.2 cm³/mol. The zero-order valence-electron chi connectivity index (χ0n) is 10.4. The topological polar surface area (TPSA) is 21.1 Å². The van der Waals surface area contributed by atoms with E-state index in [9.17, 15) is 13.2 Å². The van der Waals surface area contributed by atoms with Gasteiger partial charge in [-0.1, -0.05) is 6.07 Å². The summed E-state index contributed by atoms with van der Waals surface area (Å²) in [6, 6.07) is 3.05. The Balaban J connectivity index is 2.51. The Bertz CT molecular complexity index is 557. The smallest absolute Gasteiger partial charge is 0.334 e. The lowest BCUT2D eigenvalue weighted by Crippen LogP contribution is -2.33. The maximum atomic E-state index is 13.0. The van der Waals surface area contributed by atoms with Crippen molar-refractivity contribution in [3.8, 4) is 0 Å². The number of nitrogens with zero attached hydrogens (tertiary/aromatic N) is 3. The molecule has 2 rings (SSSR count). The number of hydrogen-bond acceptors (Lipinski definition) is 2. The number of hydrogen-bond donors (Lipinski definition) is 0. The number of imidazole rings is 1. The average Bonchev–Trinajstić information content (AvgIpc) is 2.57. The van der Waals surface area contributed by atoms with Crippen LogP contribution in [0.4, 0.5) is 13.2 Å². The van der Waals surface area contributed by atoms with Crippen molar-refractivity contribution < 1.29 is 13.2 Å². The number of halogens is 3. The molecule has 1 heterocycles. The van der Waals surface area contributed by atoms with Crippen LogP contribution in [-0.2, 0) is 7.05 Å². The first-order valence-electron chi connectivity index (χ1n) is 5.45. The number of fused-ring (bicyclic) bond motifs is 1. The molecule has 1 aromatic carbocycles. The van der Waals surface area contributed by atoms with E-state index in [1.807, 2.05) is 7.05 Å². The van der Waals surface area contributed by atoms with Crippen LogP contribution in [0.1, 0.15) is 11.6 Å². The summed E-state index contributed by atoms with van der Waals surface area (Å²) >= 11 is 0. The Morgan fingerprint density at radius 2 is 1.94 bits per heavy atom. The lowest BCUT2D eigenvalue weighted by molar-refractivity contribution is -0.179. The highest BCUT2D eigenvalue weighted by Crippen LogP contribution is 2.36. The van der Waals surface area contributed by atoms with Crippen LogP contribution in [0, 0.1) is 0 Å². The molecule has 0 amide bonds. The molecule has 1 aromatic heterocycles. The van der Waals surface area contributed by atoms with E-state index in [1.165, 1.54) is 26.2 Å². The minimum Gasteiger partial charge on any atom is -0.334 e. The van der Waals surface area contributed by atoms with E-state index in [-0.39, 0.29) is 5.56 Å².